The van der Waals surface area contributed by atoms with Crippen molar-refractivity contribution < 1.29 is 14.0 Å². The molecule has 174 valence electrons. The highest BCUT2D eigenvalue weighted by Crippen LogP contribution is 2.34. The van der Waals surface area contributed by atoms with Crippen LogP contribution < -0.4 is 5.32 Å². The first-order valence-electron chi connectivity index (χ1n) is 10.8. The van der Waals surface area contributed by atoms with Gasteiger partial charge in [0.1, 0.15) is 5.65 Å². The Bertz CT molecular complexity index is 1200. The van der Waals surface area contributed by atoms with Gasteiger partial charge in [-0.2, -0.15) is 0 Å². The predicted molar refractivity (Wildman–Crippen MR) is 134 cm³/mol. The van der Waals surface area contributed by atoms with Crippen LogP contribution in [0.3, 0.4) is 0 Å². The molecule has 1 N–H and O–H groups in total. The molecule has 33 heavy (non-hydrogen) atoms. The number of likely N-dealkylation sites (tertiary alicyclic amines) is 1. The summed E-state index contributed by atoms with van der Waals surface area (Å²) in [5.74, 6) is 0.878. The second-order valence-corrected chi connectivity index (χ2v) is 9.93. The number of imidazole rings is 1. The molecule has 0 radical (unpaired) electrons. The van der Waals surface area contributed by atoms with E-state index in [0.717, 1.165) is 55.1 Å². The van der Waals surface area contributed by atoms with Crippen molar-refractivity contribution in [3.63, 3.8) is 0 Å². The van der Waals surface area contributed by atoms with Gasteiger partial charge >= 0.3 is 0 Å². The molecule has 10 heteroatoms. The Morgan fingerprint density at radius 3 is 2.79 bits per heavy atom. The van der Waals surface area contributed by atoms with Gasteiger partial charge in [0.25, 0.3) is 11.8 Å². The van der Waals surface area contributed by atoms with Crippen LogP contribution in [0, 0.1) is 5.92 Å². The first-order valence-corrected chi connectivity index (χ1v) is 12.4. The number of pyridine rings is 1. The standard InChI is InChI=1S/C23H23BrN4O3S.ClH/c24-19-7-6-17(31-19)23(30)27-11-8-15(9-12-27)3-2-10-25-22(29)18-13-16-14-26-20-4-1-5-21(32-18)28(16)20;/h1,4-7,13-15H,2-3,8-12H2,(H,25,29);1H. The van der Waals surface area contributed by atoms with Crippen molar-refractivity contribution in [2.75, 3.05) is 19.6 Å². The smallest absolute Gasteiger partial charge is 0.289 e. The molecule has 0 atom stereocenters. The molecular formula is C23H24BrClN4O3S. The van der Waals surface area contributed by atoms with Gasteiger partial charge in [0.05, 0.1) is 21.8 Å². The van der Waals surface area contributed by atoms with Gasteiger partial charge in [-0.05, 0) is 77.9 Å². The van der Waals surface area contributed by atoms with Crippen LogP contribution in [0.1, 0.15) is 41.9 Å². The van der Waals surface area contributed by atoms with Crippen LogP contribution >= 0.6 is 40.1 Å². The van der Waals surface area contributed by atoms with E-state index in [1.807, 2.05) is 29.2 Å². The first-order chi connectivity index (χ1) is 15.6. The number of thioether (sulfide) groups is 1. The second-order valence-electron chi connectivity index (χ2n) is 8.09. The zero-order valence-electron chi connectivity index (χ0n) is 17.8. The van der Waals surface area contributed by atoms with E-state index in [4.69, 9.17) is 4.42 Å². The first kappa shape index (κ1) is 23.9. The van der Waals surface area contributed by atoms with Gasteiger partial charge in [0, 0.05) is 19.6 Å². The fourth-order valence-electron chi connectivity index (χ4n) is 4.29. The van der Waals surface area contributed by atoms with Gasteiger partial charge in [-0.25, -0.2) is 4.98 Å². The summed E-state index contributed by atoms with van der Waals surface area (Å²) in [6.07, 6.45) is 7.64. The SMILES string of the molecule is Cl.O=C(NCCCC1CCN(C(=O)c2ccc(Br)o2)CC1)C1=Cc2cnc3cccc(n23)S1. The third-order valence-electron chi connectivity index (χ3n) is 6.00. The molecule has 1 fully saturated rings. The summed E-state index contributed by atoms with van der Waals surface area (Å²) in [4.78, 5) is 32.1. The zero-order chi connectivity index (χ0) is 22.1. The third kappa shape index (κ3) is 5.15. The summed E-state index contributed by atoms with van der Waals surface area (Å²) >= 11 is 4.72. The maximum Gasteiger partial charge on any atom is 0.289 e. The number of nitrogens with one attached hydrogen (secondary N) is 1. The maximum atomic E-state index is 12.7. The molecule has 0 unspecified atom stereocenters. The molecule has 7 nitrogen and oxygen atoms in total. The van der Waals surface area contributed by atoms with Gasteiger partial charge in [-0.15, -0.1) is 12.4 Å². The van der Waals surface area contributed by atoms with Crippen molar-refractivity contribution >= 4 is 63.6 Å². The van der Waals surface area contributed by atoms with Crippen LogP contribution in [0.2, 0.25) is 0 Å². The van der Waals surface area contributed by atoms with E-state index >= 15 is 0 Å². The number of nitrogens with zero attached hydrogens (tertiary/aromatic N) is 3. The Morgan fingerprint density at radius 1 is 1.21 bits per heavy atom. The Labute approximate surface area is 210 Å². The van der Waals surface area contributed by atoms with Gasteiger partial charge < -0.3 is 14.6 Å². The number of aromatic nitrogens is 2. The van der Waals surface area contributed by atoms with Crippen molar-refractivity contribution in [2.45, 2.75) is 30.7 Å². The summed E-state index contributed by atoms with van der Waals surface area (Å²) in [6.45, 7) is 2.15. The monoisotopic (exact) mass is 550 g/mol. The van der Waals surface area contributed by atoms with Crippen LogP contribution in [0.25, 0.3) is 11.7 Å². The third-order valence-corrected chi connectivity index (χ3v) is 7.48. The van der Waals surface area contributed by atoms with Crippen LogP contribution in [0.5, 0.6) is 0 Å². The van der Waals surface area contributed by atoms with Crippen molar-refractivity contribution in [1.29, 1.82) is 0 Å². The number of carbonyl (C=O) groups is 2. The van der Waals surface area contributed by atoms with Crippen molar-refractivity contribution in [2.24, 2.45) is 5.92 Å². The number of halogens is 2. The normalized spacial score (nSPS) is 15.8. The fraction of sp³-hybridized carbons (Fsp3) is 0.348. The van der Waals surface area contributed by atoms with E-state index in [9.17, 15) is 9.59 Å². The lowest BCUT2D eigenvalue weighted by Gasteiger charge is -2.31. The average molecular weight is 552 g/mol. The molecular weight excluding hydrogens is 528 g/mol. The van der Waals surface area contributed by atoms with E-state index < -0.39 is 0 Å². The minimum atomic E-state index is -0.0447. The molecule has 2 amide bonds. The van der Waals surface area contributed by atoms with Crippen LogP contribution in [0.15, 0.2) is 55.5 Å². The summed E-state index contributed by atoms with van der Waals surface area (Å²) in [7, 11) is 0. The topological polar surface area (TPSA) is 79.8 Å². The summed E-state index contributed by atoms with van der Waals surface area (Å²) in [5.41, 5.74) is 1.83. The lowest BCUT2D eigenvalue weighted by Crippen LogP contribution is -2.38. The van der Waals surface area contributed by atoms with E-state index in [1.54, 1.807) is 18.3 Å². The molecule has 1 saturated heterocycles. The molecule has 2 aliphatic heterocycles. The van der Waals surface area contributed by atoms with Gasteiger partial charge in [-0.1, -0.05) is 17.8 Å². The number of amides is 2. The van der Waals surface area contributed by atoms with Gasteiger partial charge in [0.2, 0.25) is 0 Å². The Kier molecular flexibility index (Phi) is 7.51. The largest absolute Gasteiger partial charge is 0.444 e. The predicted octanol–water partition coefficient (Wildman–Crippen LogP) is 5.01. The van der Waals surface area contributed by atoms with Crippen molar-refractivity contribution in [3.05, 3.63) is 57.6 Å². The van der Waals surface area contributed by atoms with Crippen LogP contribution in [-0.2, 0) is 4.79 Å². The van der Waals surface area contributed by atoms with Gasteiger partial charge in [0.15, 0.2) is 10.4 Å². The minimum Gasteiger partial charge on any atom is -0.444 e. The van der Waals surface area contributed by atoms with E-state index in [2.05, 4.69) is 30.6 Å². The maximum absolute atomic E-state index is 12.7. The zero-order valence-corrected chi connectivity index (χ0v) is 21.0. The quantitative estimate of drug-likeness (QED) is 0.436. The Balaban J connectivity index is 0.00000259. The molecule has 0 spiro atoms. The fourth-order valence-corrected chi connectivity index (χ4v) is 5.60. The number of hydrogen-bond donors (Lipinski definition) is 1. The Morgan fingerprint density at radius 2 is 2.03 bits per heavy atom. The highest BCUT2D eigenvalue weighted by molar-refractivity contribution is 9.10. The van der Waals surface area contributed by atoms with E-state index in [1.165, 1.54) is 11.8 Å². The van der Waals surface area contributed by atoms with Crippen molar-refractivity contribution in [3.8, 4) is 0 Å². The number of hydrogen-bond acceptors (Lipinski definition) is 5. The minimum absolute atomic E-state index is 0. The number of carbonyl (C=O) groups excluding carboxylic acids is 2. The number of rotatable bonds is 6. The summed E-state index contributed by atoms with van der Waals surface area (Å²) in [5, 5.41) is 4.06. The molecule has 0 aliphatic carbocycles. The molecule has 0 saturated carbocycles. The summed E-state index contributed by atoms with van der Waals surface area (Å²) < 4.78 is 8.01. The number of piperidine rings is 1. The lowest BCUT2D eigenvalue weighted by molar-refractivity contribution is -0.116. The van der Waals surface area contributed by atoms with Crippen LogP contribution in [-0.4, -0.2) is 45.7 Å². The highest BCUT2D eigenvalue weighted by atomic mass is 79.9. The molecule has 3 aromatic heterocycles. The Hall–Kier alpha value is -2.23. The second kappa shape index (κ2) is 10.4. The van der Waals surface area contributed by atoms with Crippen molar-refractivity contribution in [1.82, 2.24) is 19.6 Å². The number of furan rings is 1. The lowest BCUT2D eigenvalue weighted by atomic mass is 9.92. The van der Waals surface area contributed by atoms with Gasteiger partial charge in [-0.3, -0.25) is 14.0 Å². The molecule has 5 heterocycles. The highest BCUT2D eigenvalue weighted by Gasteiger charge is 2.25. The summed E-state index contributed by atoms with van der Waals surface area (Å²) in [6, 6.07) is 9.37. The molecule has 2 aliphatic rings. The molecule has 5 rings (SSSR count). The average Bonchev–Trinajstić information content (AvgIpc) is 3.44. The molecule has 0 aromatic carbocycles. The molecule has 0 bridgehead atoms. The molecule has 3 aromatic rings. The van der Waals surface area contributed by atoms with E-state index in [-0.39, 0.29) is 24.2 Å². The van der Waals surface area contributed by atoms with Crippen LogP contribution in [0.4, 0.5) is 0 Å². The van der Waals surface area contributed by atoms with E-state index in [0.29, 0.717) is 27.8 Å².